The summed E-state index contributed by atoms with van der Waals surface area (Å²) in [6.45, 7) is 2.09. The minimum atomic E-state index is -3.82. The molecular formula is C17H20FN3O3S. The number of nitrogens with zero attached hydrogens (tertiary/aromatic N) is 2. The third-order valence-electron chi connectivity index (χ3n) is 4.14. The van der Waals surface area contributed by atoms with Crippen LogP contribution in [0.25, 0.3) is 0 Å². The largest absolute Gasteiger partial charge is 0.494 e. The lowest BCUT2D eigenvalue weighted by molar-refractivity contribution is 0.385. The molecule has 2 heterocycles. The van der Waals surface area contributed by atoms with Gasteiger partial charge in [0.25, 0.3) is 0 Å². The lowest BCUT2D eigenvalue weighted by Crippen LogP contribution is -2.24. The number of pyridine rings is 1. The Balaban J connectivity index is 1.66. The summed E-state index contributed by atoms with van der Waals surface area (Å²) in [6, 6.07) is 7.27. The lowest BCUT2D eigenvalue weighted by Gasteiger charge is -2.16. The molecule has 0 spiro atoms. The SMILES string of the molecule is COc1ccc(S(=O)(=O)NCc2ccc(N3CCCC3)nc2)cc1F. The Morgan fingerprint density at radius 2 is 2.00 bits per heavy atom. The van der Waals surface area contributed by atoms with Crippen LogP contribution >= 0.6 is 0 Å². The highest BCUT2D eigenvalue weighted by Gasteiger charge is 2.17. The molecule has 8 heteroatoms. The van der Waals surface area contributed by atoms with Gasteiger partial charge in [-0.05, 0) is 42.7 Å². The van der Waals surface area contributed by atoms with Gasteiger partial charge in [0.05, 0.1) is 12.0 Å². The van der Waals surface area contributed by atoms with Gasteiger partial charge in [-0.2, -0.15) is 0 Å². The van der Waals surface area contributed by atoms with Gasteiger partial charge in [0.15, 0.2) is 11.6 Å². The maximum absolute atomic E-state index is 13.7. The molecule has 1 saturated heterocycles. The number of ether oxygens (including phenoxy) is 1. The average molecular weight is 365 g/mol. The monoisotopic (exact) mass is 365 g/mol. The first-order chi connectivity index (χ1) is 12.0. The molecule has 25 heavy (non-hydrogen) atoms. The summed E-state index contributed by atoms with van der Waals surface area (Å²) in [5, 5.41) is 0. The number of hydrogen-bond donors (Lipinski definition) is 1. The van der Waals surface area contributed by atoms with E-state index in [1.165, 1.54) is 32.1 Å². The highest BCUT2D eigenvalue weighted by molar-refractivity contribution is 7.89. The van der Waals surface area contributed by atoms with E-state index in [1.807, 2.05) is 12.1 Å². The summed E-state index contributed by atoms with van der Waals surface area (Å²) in [5.41, 5.74) is 0.737. The van der Waals surface area contributed by atoms with E-state index in [-0.39, 0.29) is 17.2 Å². The Morgan fingerprint density at radius 1 is 1.24 bits per heavy atom. The number of nitrogens with one attached hydrogen (secondary N) is 1. The normalized spacial score (nSPS) is 14.7. The van der Waals surface area contributed by atoms with Crippen LogP contribution in [-0.4, -0.2) is 33.6 Å². The molecule has 0 amide bonds. The Bertz CT molecular complexity index is 835. The maximum atomic E-state index is 13.7. The van der Waals surface area contributed by atoms with Crippen LogP contribution in [0.3, 0.4) is 0 Å². The smallest absolute Gasteiger partial charge is 0.240 e. The number of sulfonamides is 1. The van der Waals surface area contributed by atoms with E-state index in [4.69, 9.17) is 4.74 Å². The number of hydrogen-bond acceptors (Lipinski definition) is 5. The van der Waals surface area contributed by atoms with Crippen LogP contribution in [0.1, 0.15) is 18.4 Å². The first-order valence-electron chi connectivity index (χ1n) is 8.03. The van der Waals surface area contributed by atoms with E-state index < -0.39 is 15.8 Å². The van der Waals surface area contributed by atoms with Crippen molar-refractivity contribution in [1.29, 1.82) is 0 Å². The first-order valence-corrected chi connectivity index (χ1v) is 9.51. The summed E-state index contributed by atoms with van der Waals surface area (Å²) >= 11 is 0. The van der Waals surface area contributed by atoms with Gasteiger partial charge < -0.3 is 9.64 Å². The van der Waals surface area contributed by atoms with Crippen LogP contribution in [0, 0.1) is 5.82 Å². The zero-order valence-corrected chi connectivity index (χ0v) is 14.7. The molecule has 134 valence electrons. The molecule has 1 aliphatic rings. The molecule has 0 saturated carbocycles. The Morgan fingerprint density at radius 3 is 2.60 bits per heavy atom. The van der Waals surface area contributed by atoms with Gasteiger partial charge in [-0.1, -0.05) is 6.07 Å². The van der Waals surface area contributed by atoms with Crippen molar-refractivity contribution in [3.05, 3.63) is 47.9 Å². The van der Waals surface area contributed by atoms with Crippen molar-refractivity contribution in [3.8, 4) is 5.75 Å². The van der Waals surface area contributed by atoms with Crippen LogP contribution in [0.15, 0.2) is 41.4 Å². The van der Waals surface area contributed by atoms with Gasteiger partial charge in [-0.3, -0.25) is 0 Å². The van der Waals surface area contributed by atoms with E-state index in [0.717, 1.165) is 30.5 Å². The number of methoxy groups -OCH3 is 1. The molecule has 0 bridgehead atoms. The number of aromatic nitrogens is 1. The fourth-order valence-electron chi connectivity index (χ4n) is 2.73. The number of benzene rings is 1. The topological polar surface area (TPSA) is 71.5 Å². The molecule has 6 nitrogen and oxygen atoms in total. The molecule has 1 aliphatic heterocycles. The van der Waals surface area contributed by atoms with Gasteiger partial charge in [-0.25, -0.2) is 22.5 Å². The number of anilines is 1. The third-order valence-corrected chi connectivity index (χ3v) is 5.54. The van der Waals surface area contributed by atoms with Crippen LogP contribution in [0.2, 0.25) is 0 Å². The highest BCUT2D eigenvalue weighted by Crippen LogP contribution is 2.21. The van der Waals surface area contributed by atoms with Crippen molar-refractivity contribution in [3.63, 3.8) is 0 Å². The lowest BCUT2D eigenvalue weighted by atomic mass is 10.3. The summed E-state index contributed by atoms with van der Waals surface area (Å²) in [7, 11) is -2.49. The molecule has 1 aromatic carbocycles. The Hall–Kier alpha value is -2.19. The van der Waals surface area contributed by atoms with Crippen molar-refractivity contribution in [2.45, 2.75) is 24.3 Å². The quantitative estimate of drug-likeness (QED) is 0.851. The Kier molecular flexibility index (Phi) is 5.19. The van der Waals surface area contributed by atoms with Crippen molar-refractivity contribution >= 4 is 15.8 Å². The second-order valence-corrected chi connectivity index (χ2v) is 7.61. The summed E-state index contributed by atoms with van der Waals surface area (Å²) < 4.78 is 45.5. The predicted molar refractivity (Wildman–Crippen MR) is 92.7 cm³/mol. The summed E-state index contributed by atoms with van der Waals surface area (Å²) in [6.07, 6.45) is 3.99. The molecule has 0 atom stereocenters. The van der Waals surface area contributed by atoms with E-state index >= 15 is 0 Å². The van der Waals surface area contributed by atoms with Crippen molar-refractivity contribution in [2.24, 2.45) is 0 Å². The summed E-state index contributed by atoms with van der Waals surface area (Å²) in [4.78, 5) is 6.44. The van der Waals surface area contributed by atoms with Crippen molar-refractivity contribution in [2.75, 3.05) is 25.1 Å². The second kappa shape index (κ2) is 7.37. The first kappa shape index (κ1) is 17.6. The molecule has 0 radical (unpaired) electrons. The minimum absolute atomic E-state index is 0.000603. The van der Waals surface area contributed by atoms with Gasteiger partial charge in [0, 0.05) is 25.8 Å². The second-order valence-electron chi connectivity index (χ2n) is 5.84. The highest BCUT2D eigenvalue weighted by atomic mass is 32.2. The molecule has 3 rings (SSSR count). The van der Waals surface area contributed by atoms with E-state index in [2.05, 4.69) is 14.6 Å². The van der Waals surface area contributed by atoms with E-state index in [1.54, 1.807) is 6.20 Å². The standard InChI is InChI=1S/C17H20FN3O3S/c1-24-16-6-5-14(10-15(16)18)25(22,23)20-12-13-4-7-17(19-11-13)21-8-2-3-9-21/h4-7,10-11,20H,2-3,8-9,12H2,1H3. The molecule has 0 unspecified atom stereocenters. The average Bonchev–Trinajstić information content (AvgIpc) is 3.15. The zero-order valence-electron chi connectivity index (χ0n) is 13.9. The Labute approximate surface area is 146 Å². The van der Waals surface area contributed by atoms with E-state index in [0.29, 0.717) is 0 Å². The molecule has 1 fully saturated rings. The zero-order chi connectivity index (χ0) is 17.9. The maximum Gasteiger partial charge on any atom is 0.240 e. The van der Waals surface area contributed by atoms with Crippen molar-refractivity contribution < 1.29 is 17.5 Å². The third kappa shape index (κ3) is 4.08. The molecule has 2 aromatic rings. The van der Waals surface area contributed by atoms with E-state index in [9.17, 15) is 12.8 Å². The fourth-order valence-corrected chi connectivity index (χ4v) is 3.76. The van der Waals surface area contributed by atoms with Gasteiger partial charge >= 0.3 is 0 Å². The van der Waals surface area contributed by atoms with Gasteiger partial charge in [0.2, 0.25) is 10.0 Å². The molecule has 0 aliphatic carbocycles. The van der Waals surface area contributed by atoms with Crippen LogP contribution < -0.4 is 14.4 Å². The minimum Gasteiger partial charge on any atom is -0.494 e. The van der Waals surface area contributed by atoms with Crippen LogP contribution in [-0.2, 0) is 16.6 Å². The molecule has 1 aromatic heterocycles. The van der Waals surface area contributed by atoms with Gasteiger partial charge in [0.1, 0.15) is 5.82 Å². The molecular weight excluding hydrogens is 345 g/mol. The van der Waals surface area contributed by atoms with Crippen molar-refractivity contribution in [1.82, 2.24) is 9.71 Å². The molecule has 1 N–H and O–H groups in total. The van der Waals surface area contributed by atoms with Crippen LogP contribution in [0.5, 0.6) is 5.75 Å². The van der Waals surface area contributed by atoms with Crippen LogP contribution in [0.4, 0.5) is 10.2 Å². The van der Waals surface area contributed by atoms with Gasteiger partial charge in [-0.15, -0.1) is 0 Å². The summed E-state index contributed by atoms with van der Waals surface area (Å²) in [5.74, 6) is 0.184. The fraction of sp³-hybridized carbons (Fsp3) is 0.353. The number of rotatable bonds is 6. The number of halogens is 1. The predicted octanol–water partition coefficient (Wildman–Crippen LogP) is 2.31.